The number of carbonyl (C=O) groups excluding carboxylic acids is 2. The summed E-state index contributed by atoms with van der Waals surface area (Å²) in [7, 11) is 1.61. The van der Waals surface area contributed by atoms with Gasteiger partial charge in [0.25, 0.3) is 5.91 Å². The van der Waals surface area contributed by atoms with E-state index in [1.807, 2.05) is 6.07 Å². The summed E-state index contributed by atoms with van der Waals surface area (Å²) in [4.78, 5) is 25.2. The van der Waals surface area contributed by atoms with E-state index in [9.17, 15) is 9.59 Å². The van der Waals surface area contributed by atoms with Crippen molar-refractivity contribution in [1.82, 2.24) is 4.90 Å². The molecule has 2 N–H and O–H groups in total. The summed E-state index contributed by atoms with van der Waals surface area (Å²) in [5.74, 6) is 0.468. The minimum Gasteiger partial charge on any atom is -0.491 e. The zero-order chi connectivity index (χ0) is 15.9. The molecule has 1 aromatic carbocycles. The van der Waals surface area contributed by atoms with Crippen LogP contribution in [0.25, 0.3) is 0 Å². The van der Waals surface area contributed by atoms with Gasteiger partial charge in [0.15, 0.2) is 0 Å². The fourth-order valence-corrected chi connectivity index (χ4v) is 2.61. The van der Waals surface area contributed by atoms with Gasteiger partial charge in [-0.05, 0) is 30.5 Å². The van der Waals surface area contributed by atoms with Crippen LogP contribution >= 0.6 is 0 Å². The number of carbonyl (C=O) groups is 2. The average Bonchev–Trinajstić information content (AvgIpc) is 2.95. The topological polar surface area (TPSA) is 81.9 Å². The molecule has 2 rings (SSSR count). The van der Waals surface area contributed by atoms with Crippen LogP contribution in [0.1, 0.15) is 23.2 Å². The molecule has 6 heteroatoms. The number of rotatable bonds is 7. The first kappa shape index (κ1) is 16.3. The Morgan fingerprint density at radius 1 is 1.36 bits per heavy atom. The number of likely N-dealkylation sites (tertiary alicyclic amines) is 1. The monoisotopic (exact) mass is 306 g/mol. The van der Waals surface area contributed by atoms with Gasteiger partial charge in [-0.3, -0.25) is 9.59 Å². The summed E-state index contributed by atoms with van der Waals surface area (Å²) in [5, 5.41) is 0. The quantitative estimate of drug-likeness (QED) is 0.763. The zero-order valence-electron chi connectivity index (χ0n) is 12.8. The predicted octanol–water partition coefficient (Wildman–Crippen LogP) is 1.05. The summed E-state index contributed by atoms with van der Waals surface area (Å²) < 4.78 is 10.4. The van der Waals surface area contributed by atoms with Gasteiger partial charge < -0.3 is 20.1 Å². The molecular weight excluding hydrogens is 284 g/mol. The third-order valence-electron chi connectivity index (χ3n) is 3.70. The van der Waals surface area contributed by atoms with Crippen LogP contribution in [0.2, 0.25) is 0 Å². The lowest BCUT2D eigenvalue weighted by atomic mass is 10.1. The van der Waals surface area contributed by atoms with Gasteiger partial charge >= 0.3 is 0 Å². The lowest BCUT2D eigenvalue weighted by molar-refractivity contribution is -0.118. The largest absolute Gasteiger partial charge is 0.491 e. The van der Waals surface area contributed by atoms with Gasteiger partial charge in [-0.25, -0.2) is 0 Å². The van der Waals surface area contributed by atoms with Crippen molar-refractivity contribution in [3.8, 4) is 5.75 Å². The van der Waals surface area contributed by atoms with Crippen LogP contribution in [0.5, 0.6) is 5.75 Å². The maximum Gasteiger partial charge on any atom is 0.253 e. The SMILES string of the molecule is COCCOc1cccc(C(=O)N2CCC(CC(N)=O)C2)c1. The minimum atomic E-state index is -0.312. The molecule has 1 aliphatic heterocycles. The summed E-state index contributed by atoms with van der Waals surface area (Å²) >= 11 is 0. The summed E-state index contributed by atoms with van der Waals surface area (Å²) in [6.07, 6.45) is 1.16. The minimum absolute atomic E-state index is 0.0378. The number of methoxy groups -OCH3 is 1. The van der Waals surface area contributed by atoms with Crippen molar-refractivity contribution in [2.24, 2.45) is 11.7 Å². The van der Waals surface area contributed by atoms with E-state index in [0.717, 1.165) is 6.42 Å². The number of nitrogens with two attached hydrogens (primary N) is 1. The highest BCUT2D eigenvalue weighted by molar-refractivity contribution is 5.94. The number of nitrogens with zero attached hydrogens (tertiary/aromatic N) is 1. The lowest BCUT2D eigenvalue weighted by Gasteiger charge is -2.17. The molecule has 1 heterocycles. The first-order valence-corrected chi connectivity index (χ1v) is 7.39. The van der Waals surface area contributed by atoms with E-state index in [1.54, 1.807) is 30.2 Å². The molecule has 1 unspecified atom stereocenters. The summed E-state index contributed by atoms with van der Waals surface area (Å²) in [5.41, 5.74) is 5.81. The van der Waals surface area contributed by atoms with Crippen LogP contribution < -0.4 is 10.5 Å². The molecule has 1 aromatic rings. The Labute approximate surface area is 130 Å². The van der Waals surface area contributed by atoms with Gasteiger partial charge in [-0.15, -0.1) is 0 Å². The third-order valence-corrected chi connectivity index (χ3v) is 3.70. The first-order valence-electron chi connectivity index (χ1n) is 7.39. The van der Waals surface area contributed by atoms with E-state index >= 15 is 0 Å². The Morgan fingerprint density at radius 3 is 2.91 bits per heavy atom. The van der Waals surface area contributed by atoms with Crippen molar-refractivity contribution in [2.45, 2.75) is 12.8 Å². The van der Waals surface area contributed by atoms with Crippen LogP contribution in [0, 0.1) is 5.92 Å². The van der Waals surface area contributed by atoms with Crippen molar-refractivity contribution in [1.29, 1.82) is 0 Å². The molecule has 1 atom stereocenters. The Morgan fingerprint density at radius 2 is 2.18 bits per heavy atom. The van der Waals surface area contributed by atoms with Crippen molar-refractivity contribution >= 4 is 11.8 Å². The van der Waals surface area contributed by atoms with Gasteiger partial charge in [0, 0.05) is 32.2 Å². The van der Waals surface area contributed by atoms with Crippen LogP contribution in [-0.2, 0) is 9.53 Å². The fourth-order valence-electron chi connectivity index (χ4n) is 2.61. The molecule has 1 fully saturated rings. The highest BCUT2D eigenvalue weighted by Crippen LogP contribution is 2.22. The second-order valence-corrected chi connectivity index (χ2v) is 5.45. The zero-order valence-corrected chi connectivity index (χ0v) is 12.8. The Balaban J connectivity index is 1.95. The predicted molar refractivity (Wildman–Crippen MR) is 81.6 cm³/mol. The van der Waals surface area contributed by atoms with E-state index in [2.05, 4.69) is 0 Å². The molecule has 6 nitrogen and oxygen atoms in total. The van der Waals surface area contributed by atoms with E-state index in [1.165, 1.54) is 0 Å². The van der Waals surface area contributed by atoms with Gasteiger partial charge in [0.2, 0.25) is 5.91 Å². The highest BCUT2D eigenvalue weighted by atomic mass is 16.5. The summed E-state index contributed by atoms with van der Waals surface area (Å²) in [6, 6.07) is 7.12. The normalized spacial score (nSPS) is 17.5. The number of hydrogen-bond donors (Lipinski definition) is 1. The lowest BCUT2D eigenvalue weighted by Crippen LogP contribution is -2.29. The summed E-state index contributed by atoms with van der Waals surface area (Å²) in [6.45, 7) is 2.18. The van der Waals surface area contributed by atoms with Crippen molar-refractivity contribution in [2.75, 3.05) is 33.4 Å². The highest BCUT2D eigenvalue weighted by Gasteiger charge is 2.27. The Bertz CT molecular complexity index is 533. The number of ether oxygens (including phenoxy) is 2. The molecular formula is C16H22N2O4. The molecule has 0 aliphatic carbocycles. The Hall–Kier alpha value is -2.08. The maximum atomic E-state index is 12.5. The van der Waals surface area contributed by atoms with Gasteiger partial charge in [-0.2, -0.15) is 0 Å². The number of primary amides is 1. The maximum absolute atomic E-state index is 12.5. The fraction of sp³-hybridized carbons (Fsp3) is 0.500. The van der Waals surface area contributed by atoms with Gasteiger partial charge in [-0.1, -0.05) is 6.07 Å². The van der Waals surface area contributed by atoms with Crippen molar-refractivity contribution < 1.29 is 19.1 Å². The second kappa shape index (κ2) is 7.79. The molecule has 0 bridgehead atoms. The average molecular weight is 306 g/mol. The van der Waals surface area contributed by atoms with Crippen LogP contribution in [0.4, 0.5) is 0 Å². The number of benzene rings is 1. The van der Waals surface area contributed by atoms with Crippen molar-refractivity contribution in [3.63, 3.8) is 0 Å². The number of amides is 2. The van der Waals surface area contributed by atoms with Crippen LogP contribution in [-0.4, -0.2) is 50.1 Å². The molecule has 22 heavy (non-hydrogen) atoms. The first-order chi connectivity index (χ1) is 10.6. The van der Waals surface area contributed by atoms with Gasteiger partial charge in [0.1, 0.15) is 12.4 Å². The molecule has 0 radical (unpaired) electrons. The standard InChI is InChI=1S/C16H22N2O4/c1-21-7-8-22-14-4-2-3-13(10-14)16(20)18-6-5-12(11-18)9-15(17)19/h2-4,10,12H,5-9,11H2,1H3,(H2,17,19). The van der Waals surface area contributed by atoms with Crippen LogP contribution in [0.15, 0.2) is 24.3 Å². The van der Waals surface area contributed by atoms with Crippen LogP contribution in [0.3, 0.4) is 0 Å². The van der Waals surface area contributed by atoms with E-state index in [-0.39, 0.29) is 17.7 Å². The molecule has 0 spiro atoms. The van der Waals surface area contributed by atoms with Crippen molar-refractivity contribution in [3.05, 3.63) is 29.8 Å². The number of hydrogen-bond acceptors (Lipinski definition) is 4. The smallest absolute Gasteiger partial charge is 0.253 e. The Kier molecular flexibility index (Phi) is 5.77. The molecule has 120 valence electrons. The van der Waals surface area contributed by atoms with E-state index in [4.69, 9.17) is 15.2 Å². The molecule has 1 saturated heterocycles. The molecule has 1 aliphatic rings. The van der Waals surface area contributed by atoms with E-state index < -0.39 is 0 Å². The van der Waals surface area contributed by atoms with E-state index in [0.29, 0.717) is 44.0 Å². The third kappa shape index (κ3) is 4.46. The molecule has 0 aromatic heterocycles. The van der Waals surface area contributed by atoms with Gasteiger partial charge in [0.05, 0.1) is 6.61 Å². The molecule has 2 amide bonds. The second-order valence-electron chi connectivity index (χ2n) is 5.45. The molecule has 0 saturated carbocycles.